The number of piperidine rings is 1. The topological polar surface area (TPSA) is 107 Å². The van der Waals surface area contributed by atoms with E-state index in [-0.39, 0.29) is 5.56 Å². The lowest BCUT2D eigenvalue weighted by atomic mass is 9.99. The van der Waals surface area contributed by atoms with Gasteiger partial charge in [-0.1, -0.05) is 6.92 Å². The zero-order valence-electron chi connectivity index (χ0n) is 11.5. The Kier molecular flexibility index (Phi) is 4.15. The van der Waals surface area contributed by atoms with E-state index in [1.165, 1.54) is 0 Å². The Bertz CT molecular complexity index is 569. The summed E-state index contributed by atoms with van der Waals surface area (Å²) in [5.41, 5.74) is -0.903. The normalized spacial score (nSPS) is 18.3. The number of amides is 1. The van der Waals surface area contributed by atoms with E-state index in [4.69, 9.17) is 0 Å². The maximum absolute atomic E-state index is 12.4. The van der Waals surface area contributed by atoms with Gasteiger partial charge in [0.15, 0.2) is 0 Å². The molecule has 0 aromatic heterocycles. The Morgan fingerprint density at radius 3 is 2.24 bits per heavy atom. The molecule has 1 amide bonds. The highest BCUT2D eigenvalue weighted by Gasteiger charge is 2.25. The van der Waals surface area contributed by atoms with Crippen molar-refractivity contribution in [3.8, 4) is 0 Å². The first-order valence-electron chi connectivity index (χ1n) is 6.61. The highest BCUT2D eigenvalue weighted by atomic mass is 16.6. The maximum Gasteiger partial charge on any atom is 0.277 e. The molecule has 1 aromatic rings. The number of nitro groups is 2. The van der Waals surface area contributed by atoms with E-state index in [1.807, 2.05) is 6.92 Å². The van der Waals surface area contributed by atoms with Crippen LogP contribution in [0.5, 0.6) is 0 Å². The number of hydrogen-bond acceptors (Lipinski definition) is 5. The minimum absolute atomic E-state index is 0.00926. The standard InChI is InChI=1S/C13H15N3O5/c1-9-3-2-4-14(8-9)13(17)10-5-11(15(18)19)7-12(6-10)16(20)21/h5-7,9H,2-4,8H2,1H3. The summed E-state index contributed by atoms with van der Waals surface area (Å²) in [6.07, 6.45) is 1.89. The van der Waals surface area contributed by atoms with E-state index < -0.39 is 27.1 Å². The fourth-order valence-electron chi connectivity index (χ4n) is 2.49. The lowest BCUT2D eigenvalue weighted by molar-refractivity contribution is -0.394. The van der Waals surface area contributed by atoms with Crippen LogP contribution in [-0.4, -0.2) is 33.7 Å². The van der Waals surface area contributed by atoms with Crippen molar-refractivity contribution in [2.24, 2.45) is 5.92 Å². The van der Waals surface area contributed by atoms with Crippen molar-refractivity contribution in [1.29, 1.82) is 0 Å². The van der Waals surface area contributed by atoms with Crippen LogP contribution in [0.25, 0.3) is 0 Å². The molecule has 8 heteroatoms. The van der Waals surface area contributed by atoms with Crippen molar-refractivity contribution in [2.75, 3.05) is 13.1 Å². The molecule has 112 valence electrons. The van der Waals surface area contributed by atoms with Crippen LogP contribution in [0.15, 0.2) is 18.2 Å². The molecule has 1 aliphatic rings. The van der Waals surface area contributed by atoms with Crippen LogP contribution in [0.1, 0.15) is 30.1 Å². The van der Waals surface area contributed by atoms with Crippen LogP contribution in [0, 0.1) is 26.1 Å². The number of rotatable bonds is 3. The van der Waals surface area contributed by atoms with Gasteiger partial charge in [0.25, 0.3) is 17.3 Å². The predicted octanol–water partition coefficient (Wildman–Crippen LogP) is 2.38. The zero-order valence-corrected chi connectivity index (χ0v) is 11.5. The average Bonchev–Trinajstić information content (AvgIpc) is 2.45. The van der Waals surface area contributed by atoms with Gasteiger partial charge in [0, 0.05) is 25.2 Å². The van der Waals surface area contributed by atoms with Crippen molar-refractivity contribution in [3.05, 3.63) is 44.0 Å². The molecule has 0 aliphatic carbocycles. The van der Waals surface area contributed by atoms with Crippen molar-refractivity contribution >= 4 is 17.3 Å². The Balaban J connectivity index is 2.35. The average molecular weight is 293 g/mol. The smallest absolute Gasteiger partial charge is 0.277 e. The largest absolute Gasteiger partial charge is 0.338 e. The van der Waals surface area contributed by atoms with Crippen LogP contribution >= 0.6 is 0 Å². The first-order chi connectivity index (χ1) is 9.88. The SMILES string of the molecule is CC1CCCN(C(=O)c2cc([N+](=O)[O-])cc([N+](=O)[O-])c2)C1. The zero-order chi connectivity index (χ0) is 15.6. The summed E-state index contributed by atoms with van der Waals surface area (Å²) in [6.45, 7) is 3.16. The fourth-order valence-corrected chi connectivity index (χ4v) is 2.49. The molecule has 0 radical (unpaired) electrons. The van der Waals surface area contributed by atoms with Crippen LogP contribution < -0.4 is 0 Å². The van der Waals surface area contributed by atoms with E-state index in [2.05, 4.69) is 0 Å². The molecule has 0 spiro atoms. The number of carbonyl (C=O) groups excluding carboxylic acids is 1. The Morgan fingerprint density at radius 2 is 1.76 bits per heavy atom. The second kappa shape index (κ2) is 5.86. The third kappa shape index (κ3) is 3.33. The number of nitro benzene ring substituents is 2. The molecule has 1 fully saturated rings. The van der Waals surface area contributed by atoms with E-state index >= 15 is 0 Å². The summed E-state index contributed by atoms with van der Waals surface area (Å²) in [5, 5.41) is 21.7. The Hall–Kier alpha value is -2.51. The monoisotopic (exact) mass is 293 g/mol. The third-order valence-corrected chi connectivity index (χ3v) is 3.52. The van der Waals surface area contributed by atoms with Gasteiger partial charge < -0.3 is 4.90 Å². The predicted molar refractivity (Wildman–Crippen MR) is 74.1 cm³/mol. The van der Waals surface area contributed by atoms with Gasteiger partial charge in [-0.2, -0.15) is 0 Å². The molecule has 0 N–H and O–H groups in total. The fraction of sp³-hybridized carbons (Fsp3) is 0.462. The van der Waals surface area contributed by atoms with Crippen molar-refractivity contribution < 1.29 is 14.6 Å². The number of hydrogen-bond donors (Lipinski definition) is 0. The van der Waals surface area contributed by atoms with Gasteiger partial charge in [-0.3, -0.25) is 25.0 Å². The lowest BCUT2D eigenvalue weighted by Crippen LogP contribution is -2.39. The highest BCUT2D eigenvalue weighted by molar-refractivity contribution is 5.95. The summed E-state index contributed by atoms with van der Waals surface area (Å²) in [5.74, 6) is -0.0373. The molecular formula is C13H15N3O5. The van der Waals surface area contributed by atoms with Gasteiger partial charge in [0.1, 0.15) is 0 Å². The maximum atomic E-state index is 12.4. The van der Waals surface area contributed by atoms with E-state index in [0.29, 0.717) is 19.0 Å². The van der Waals surface area contributed by atoms with Gasteiger partial charge in [0.05, 0.1) is 21.5 Å². The number of non-ortho nitro benzene ring substituents is 2. The minimum Gasteiger partial charge on any atom is -0.338 e. The second-order valence-corrected chi connectivity index (χ2v) is 5.25. The first kappa shape index (κ1) is 14.9. The number of benzene rings is 1. The number of likely N-dealkylation sites (tertiary alicyclic amines) is 1. The van der Waals surface area contributed by atoms with E-state index in [9.17, 15) is 25.0 Å². The molecule has 1 unspecified atom stereocenters. The van der Waals surface area contributed by atoms with Gasteiger partial charge in [0.2, 0.25) is 0 Å². The molecule has 21 heavy (non-hydrogen) atoms. The summed E-state index contributed by atoms with van der Waals surface area (Å²) in [6, 6.07) is 3.04. The van der Waals surface area contributed by atoms with Gasteiger partial charge in [-0.05, 0) is 18.8 Å². The molecule has 0 bridgehead atoms. The van der Waals surface area contributed by atoms with Gasteiger partial charge in [-0.15, -0.1) is 0 Å². The van der Waals surface area contributed by atoms with E-state index in [0.717, 1.165) is 31.0 Å². The van der Waals surface area contributed by atoms with Crippen LogP contribution in [0.3, 0.4) is 0 Å². The van der Waals surface area contributed by atoms with Crippen molar-refractivity contribution in [3.63, 3.8) is 0 Å². The van der Waals surface area contributed by atoms with Crippen LogP contribution in [-0.2, 0) is 0 Å². The van der Waals surface area contributed by atoms with Crippen LogP contribution in [0.4, 0.5) is 11.4 Å². The molecule has 2 rings (SSSR count). The molecule has 8 nitrogen and oxygen atoms in total. The molecule has 1 aromatic carbocycles. The number of nitrogens with zero attached hydrogens (tertiary/aromatic N) is 3. The molecule has 1 aliphatic heterocycles. The molecule has 0 saturated carbocycles. The lowest BCUT2D eigenvalue weighted by Gasteiger charge is -2.30. The molecule has 1 atom stereocenters. The molecule has 1 heterocycles. The quantitative estimate of drug-likeness (QED) is 0.628. The summed E-state index contributed by atoms with van der Waals surface area (Å²) < 4.78 is 0. The van der Waals surface area contributed by atoms with Gasteiger partial charge >= 0.3 is 0 Å². The highest BCUT2D eigenvalue weighted by Crippen LogP contribution is 2.25. The second-order valence-electron chi connectivity index (χ2n) is 5.25. The Labute approximate surface area is 120 Å². The minimum atomic E-state index is -0.734. The summed E-state index contributed by atoms with van der Waals surface area (Å²) in [4.78, 5) is 34.2. The van der Waals surface area contributed by atoms with Gasteiger partial charge in [-0.25, -0.2) is 0 Å². The first-order valence-corrected chi connectivity index (χ1v) is 6.61. The third-order valence-electron chi connectivity index (χ3n) is 3.52. The Morgan fingerprint density at radius 1 is 1.19 bits per heavy atom. The number of carbonyl (C=O) groups is 1. The van der Waals surface area contributed by atoms with Crippen LogP contribution in [0.2, 0.25) is 0 Å². The molecular weight excluding hydrogens is 278 g/mol. The van der Waals surface area contributed by atoms with Crippen molar-refractivity contribution in [1.82, 2.24) is 4.90 Å². The summed E-state index contributed by atoms with van der Waals surface area (Å²) >= 11 is 0. The summed E-state index contributed by atoms with van der Waals surface area (Å²) in [7, 11) is 0. The molecule has 1 saturated heterocycles. The van der Waals surface area contributed by atoms with E-state index in [1.54, 1.807) is 4.90 Å². The van der Waals surface area contributed by atoms with Crippen molar-refractivity contribution in [2.45, 2.75) is 19.8 Å².